The summed E-state index contributed by atoms with van der Waals surface area (Å²) in [7, 11) is -2.15. The summed E-state index contributed by atoms with van der Waals surface area (Å²) >= 11 is 0. The number of hydrogen-bond donors (Lipinski definition) is 1. The fourth-order valence-corrected chi connectivity index (χ4v) is 2.83. The molecule has 176 valence electrons. The summed E-state index contributed by atoms with van der Waals surface area (Å²) in [5.41, 5.74) is 0. The summed E-state index contributed by atoms with van der Waals surface area (Å²) in [6.07, 6.45) is 1.64. The van der Waals surface area contributed by atoms with Gasteiger partial charge >= 0.3 is 0 Å². The van der Waals surface area contributed by atoms with Crippen LogP contribution in [0.15, 0.2) is 0 Å². The van der Waals surface area contributed by atoms with E-state index in [0.717, 1.165) is 12.5 Å². The molecule has 29 heavy (non-hydrogen) atoms. The highest BCUT2D eigenvalue weighted by Crippen LogP contribution is 2.26. The predicted octanol–water partition coefficient (Wildman–Crippen LogP) is 0.808. The first-order chi connectivity index (χ1) is 12.9. The van der Waals surface area contributed by atoms with Crippen molar-refractivity contribution in [3.8, 4) is 0 Å². The molecule has 0 aromatic rings. The van der Waals surface area contributed by atoms with Crippen molar-refractivity contribution in [2.24, 2.45) is 0 Å². The molecule has 0 bridgehead atoms. The molecule has 1 N–H and O–H groups in total. The summed E-state index contributed by atoms with van der Waals surface area (Å²) < 4.78 is 94.4. The van der Waals surface area contributed by atoms with Crippen molar-refractivity contribution < 1.29 is 43.7 Å². The second-order valence-corrected chi connectivity index (χ2v) is 11.4. The van der Waals surface area contributed by atoms with E-state index >= 15 is 0 Å². The van der Waals surface area contributed by atoms with Crippen LogP contribution in [0.5, 0.6) is 0 Å². The maximum atomic E-state index is 12.7. The first kappa shape index (κ1) is 28.8. The zero-order valence-electron chi connectivity index (χ0n) is 16.2. The minimum atomic E-state index is -3.46. The normalized spacial score (nSPS) is 21.8. The lowest BCUT2D eigenvalue weighted by molar-refractivity contribution is 0.0104. The Hall–Kier alpha value is -0.250. The third kappa shape index (κ3) is 18.3. The molecular formula is C14H27ClF4N2O6S2. The topological polar surface area (TPSA) is 104 Å². The molecular weight excluding hydrogens is 468 g/mol. The number of nitrogens with zero attached hydrogens (tertiary/aromatic N) is 2. The summed E-state index contributed by atoms with van der Waals surface area (Å²) in [5, 5.41) is 8.41. The van der Waals surface area contributed by atoms with Crippen molar-refractivity contribution in [2.45, 2.75) is 24.7 Å². The molecule has 0 saturated carbocycles. The summed E-state index contributed by atoms with van der Waals surface area (Å²) in [6.45, 7) is 0.713. The molecule has 0 spiro atoms. The molecule has 0 aromatic carbocycles. The van der Waals surface area contributed by atoms with E-state index in [1.165, 1.54) is 4.90 Å². The van der Waals surface area contributed by atoms with Gasteiger partial charge in [-0.05, 0) is 0 Å². The Morgan fingerprint density at radius 2 is 1.31 bits per heavy atom. The SMILES string of the molecule is CS(=O)(=O)Cl.CS(=O)(=O)OCCN1CCC(F)(F)C1.OCCN1CCC(F)(F)C1. The van der Waals surface area contributed by atoms with E-state index in [4.69, 9.17) is 5.11 Å². The van der Waals surface area contributed by atoms with Crippen molar-refractivity contribution in [3.05, 3.63) is 0 Å². The standard InChI is InChI=1S/C7H13F2NO3S.C6H11F2NO.CH3ClO2S/c1-14(11,12)13-5-4-10-3-2-7(8,9)6-10;7-6(8)1-2-9(5-6)3-4-10;1-5(2,3)4/h2-6H2,1H3;10H,1-5H2;1H3. The van der Waals surface area contributed by atoms with Gasteiger partial charge < -0.3 is 5.11 Å². The summed E-state index contributed by atoms with van der Waals surface area (Å²) in [6, 6.07) is 0. The second-order valence-electron chi connectivity index (χ2n) is 6.70. The number of aliphatic hydroxyl groups is 1. The lowest BCUT2D eigenvalue weighted by Crippen LogP contribution is -2.29. The van der Waals surface area contributed by atoms with E-state index in [1.807, 2.05) is 0 Å². The van der Waals surface area contributed by atoms with Gasteiger partial charge in [-0.3, -0.25) is 14.0 Å². The van der Waals surface area contributed by atoms with E-state index in [-0.39, 0.29) is 45.7 Å². The quantitative estimate of drug-likeness (QED) is 0.328. The van der Waals surface area contributed by atoms with Gasteiger partial charge in [-0.25, -0.2) is 26.0 Å². The van der Waals surface area contributed by atoms with Gasteiger partial charge in [-0.15, -0.1) is 0 Å². The first-order valence-electron chi connectivity index (χ1n) is 8.48. The number of aliphatic hydroxyl groups excluding tert-OH is 1. The van der Waals surface area contributed by atoms with Crippen LogP contribution in [0.25, 0.3) is 0 Å². The Bertz CT molecular complexity index is 686. The predicted molar refractivity (Wildman–Crippen MR) is 101 cm³/mol. The van der Waals surface area contributed by atoms with Gasteiger partial charge in [0.1, 0.15) is 0 Å². The lowest BCUT2D eigenvalue weighted by Gasteiger charge is -2.14. The number of alkyl halides is 4. The number of hydrogen-bond acceptors (Lipinski definition) is 8. The van der Waals surface area contributed by atoms with Crippen LogP contribution in [0, 0.1) is 0 Å². The minimum Gasteiger partial charge on any atom is -0.395 e. The fraction of sp³-hybridized carbons (Fsp3) is 1.00. The smallest absolute Gasteiger partial charge is 0.264 e. The van der Waals surface area contributed by atoms with Crippen molar-refractivity contribution in [3.63, 3.8) is 0 Å². The molecule has 0 radical (unpaired) electrons. The van der Waals surface area contributed by atoms with Gasteiger partial charge in [0, 0.05) is 49.7 Å². The second kappa shape index (κ2) is 12.0. The van der Waals surface area contributed by atoms with Crippen LogP contribution in [0.2, 0.25) is 0 Å². The van der Waals surface area contributed by atoms with Crippen LogP contribution in [0.3, 0.4) is 0 Å². The molecule has 0 aromatic heterocycles. The van der Waals surface area contributed by atoms with Crippen LogP contribution < -0.4 is 0 Å². The Labute approximate surface area is 173 Å². The molecule has 0 aliphatic carbocycles. The largest absolute Gasteiger partial charge is 0.395 e. The maximum Gasteiger partial charge on any atom is 0.264 e. The van der Waals surface area contributed by atoms with E-state index in [2.05, 4.69) is 14.9 Å². The molecule has 2 saturated heterocycles. The van der Waals surface area contributed by atoms with Gasteiger partial charge in [-0.1, -0.05) is 0 Å². The Balaban J connectivity index is 0.000000455. The zero-order valence-corrected chi connectivity index (χ0v) is 18.5. The van der Waals surface area contributed by atoms with E-state index in [1.54, 1.807) is 4.90 Å². The average Bonchev–Trinajstić information content (AvgIpc) is 2.99. The van der Waals surface area contributed by atoms with Gasteiger partial charge in [0.2, 0.25) is 9.05 Å². The van der Waals surface area contributed by atoms with Gasteiger partial charge in [-0.2, -0.15) is 8.42 Å². The third-order valence-electron chi connectivity index (χ3n) is 3.62. The van der Waals surface area contributed by atoms with E-state index < -0.39 is 31.0 Å². The molecule has 15 heteroatoms. The molecule has 8 nitrogen and oxygen atoms in total. The van der Waals surface area contributed by atoms with Crippen LogP contribution in [-0.4, -0.2) is 109 Å². The number of β-amino-alcohol motifs (C(OH)–C–C–N with tert-alkyl or cyclic N) is 1. The van der Waals surface area contributed by atoms with Crippen molar-refractivity contribution in [1.29, 1.82) is 0 Å². The number of likely N-dealkylation sites (tertiary alicyclic amines) is 2. The monoisotopic (exact) mass is 494 g/mol. The summed E-state index contributed by atoms with van der Waals surface area (Å²) in [5.74, 6) is -5.15. The molecule has 0 atom stereocenters. The summed E-state index contributed by atoms with van der Waals surface area (Å²) in [4.78, 5) is 3.06. The fourth-order valence-electron chi connectivity index (χ4n) is 2.45. The molecule has 0 amide bonds. The first-order valence-corrected chi connectivity index (χ1v) is 13.0. The Morgan fingerprint density at radius 1 is 0.931 bits per heavy atom. The van der Waals surface area contributed by atoms with Gasteiger partial charge in [0.15, 0.2) is 0 Å². The lowest BCUT2D eigenvalue weighted by atomic mass is 10.3. The van der Waals surface area contributed by atoms with Crippen LogP contribution in [0.1, 0.15) is 12.8 Å². The highest BCUT2D eigenvalue weighted by molar-refractivity contribution is 8.13. The number of rotatable bonds is 6. The molecule has 2 aliphatic rings. The van der Waals surface area contributed by atoms with Crippen LogP contribution in [0.4, 0.5) is 17.6 Å². The van der Waals surface area contributed by atoms with Gasteiger partial charge in [0.25, 0.3) is 22.0 Å². The average molecular weight is 495 g/mol. The van der Waals surface area contributed by atoms with Crippen molar-refractivity contribution in [2.75, 3.05) is 65.0 Å². The van der Waals surface area contributed by atoms with Crippen LogP contribution in [-0.2, 0) is 23.4 Å². The van der Waals surface area contributed by atoms with E-state index in [9.17, 15) is 34.4 Å². The van der Waals surface area contributed by atoms with Gasteiger partial charge in [0.05, 0.1) is 38.8 Å². The van der Waals surface area contributed by atoms with E-state index in [0.29, 0.717) is 19.6 Å². The molecule has 0 unspecified atom stereocenters. The molecule has 2 aliphatic heterocycles. The van der Waals surface area contributed by atoms with Crippen molar-refractivity contribution >= 4 is 29.9 Å². The maximum absolute atomic E-state index is 12.7. The highest BCUT2D eigenvalue weighted by atomic mass is 35.7. The third-order valence-corrected chi connectivity index (χ3v) is 4.21. The highest BCUT2D eigenvalue weighted by Gasteiger charge is 2.38. The zero-order chi connectivity index (χ0) is 22.9. The minimum absolute atomic E-state index is 0.0317. The molecule has 2 fully saturated rings. The Kier molecular flexibility index (Phi) is 11.9. The number of halogens is 5. The molecule has 2 heterocycles. The Morgan fingerprint density at radius 3 is 1.59 bits per heavy atom. The van der Waals surface area contributed by atoms with Crippen molar-refractivity contribution in [1.82, 2.24) is 9.80 Å². The van der Waals surface area contributed by atoms with Crippen LogP contribution >= 0.6 is 10.7 Å². The molecule has 2 rings (SSSR count).